The van der Waals surface area contributed by atoms with E-state index in [4.69, 9.17) is 4.74 Å². The van der Waals surface area contributed by atoms with Gasteiger partial charge in [-0.2, -0.15) is 0 Å². The Balaban J connectivity index is 1.22. The van der Waals surface area contributed by atoms with Gasteiger partial charge in [-0.05, 0) is 43.7 Å². The summed E-state index contributed by atoms with van der Waals surface area (Å²) in [5.74, 6) is 2.17. The SMILES string of the molecule is c1ccc(CCCn2ccnc2CNC2CC3(CCC3)Oc3ccccc32)cc1. The first kappa shape index (κ1) is 18.4. The van der Waals surface area contributed by atoms with Crippen molar-refractivity contribution in [1.82, 2.24) is 14.9 Å². The molecule has 0 amide bonds. The number of nitrogens with zero attached hydrogens (tertiary/aromatic N) is 2. The Hall–Kier alpha value is -2.59. The van der Waals surface area contributed by atoms with Crippen molar-refractivity contribution in [2.45, 2.75) is 63.3 Å². The van der Waals surface area contributed by atoms with Crippen LogP contribution >= 0.6 is 0 Å². The smallest absolute Gasteiger partial charge is 0.124 e. The largest absolute Gasteiger partial charge is 0.487 e. The number of aromatic nitrogens is 2. The third kappa shape index (κ3) is 3.95. The van der Waals surface area contributed by atoms with E-state index in [1.807, 2.05) is 6.20 Å². The van der Waals surface area contributed by atoms with Gasteiger partial charge in [0.05, 0.1) is 6.54 Å². The molecule has 0 saturated heterocycles. The number of nitrogens with one attached hydrogen (secondary N) is 1. The summed E-state index contributed by atoms with van der Waals surface area (Å²) in [5, 5.41) is 3.79. The second kappa shape index (κ2) is 8.03. The molecule has 4 heteroatoms. The fourth-order valence-corrected chi connectivity index (χ4v) is 4.70. The Morgan fingerprint density at radius 2 is 1.90 bits per heavy atom. The van der Waals surface area contributed by atoms with E-state index in [9.17, 15) is 0 Å². The van der Waals surface area contributed by atoms with Gasteiger partial charge in [-0.15, -0.1) is 0 Å². The van der Waals surface area contributed by atoms with Crippen LogP contribution in [0.5, 0.6) is 5.75 Å². The minimum atomic E-state index is 0.0527. The van der Waals surface area contributed by atoms with E-state index in [0.717, 1.165) is 43.9 Å². The lowest BCUT2D eigenvalue weighted by molar-refractivity contribution is -0.0371. The Kier molecular flexibility index (Phi) is 5.11. The third-order valence-corrected chi connectivity index (χ3v) is 6.48. The maximum Gasteiger partial charge on any atom is 0.124 e. The van der Waals surface area contributed by atoms with Crippen LogP contribution in [0.2, 0.25) is 0 Å². The number of fused-ring (bicyclic) bond motifs is 1. The number of ether oxygens (including phenoxy) is 1. The molecule has 3 aromatic rings. The van der Waals surface area contributed by atoms with E-state index < -0.39 is 0 Å². The molecule has 1 aliphatic heterocycles. The molecule has 0 radical (unpaired) electrons. The van der Waals surface area contributed by atoms with E-state index in [1.54, 1.807) is 0 Å². The molecule has 4 nitrogen and oxygen atoms in total. The molecular weight excluding hydrogens is 358 g/mol. The van der Waals surface area contributed by atoms with Gasteiger partial charge in [0.25, 0.3) is 0 Å². The molecule has 29 heavy (non-hydrogen) atoms. The predicted octanol–water partition coefficient (Wildman–Crippen LogP) is 5.05. The van der Waals surface area contributed by atoms with Gasteiger partial charge in [-0.3, -0.25) is 0 Å². The van der Waals surface area contributed by atoms with Crippen molar-refractivity contribution in [2.75, 3.05) is 0 Å². The average molecular weight is 388 g/mol. The number of imidazole rings is 1. The third-order valence-electron chi connectivity index (χ3n) is 6.48. The Labute approximate surface area is 172 Å². The van der Waals surface area contributed by atoms with E-state index in [-0.39, 0.29) is 5.60 Å². The molecule has 1 saturated carbocycles. The monoisotopic (exact) mass is 387 g/mol. The lowest BCUT2D eigenvalue weighted by atomic mass is 9.73. The Morgan fingerprint density at radius 3 is 2.72 bits per heavy atom. The van der Waals surface area contributed by atoms with E-state index in [1.165, 1.54) is 30.4 Å². The number of benzene rings is 2. The lowest BCUT2D eigenvalue weighted by Gasteiger charge is -2.48. The van der Waals surface area contributed by atoms with Gasteiger partial charge in [-0.1, -0.05) is 48.5 Å². The molecule has 0 bridgehead atoms. The van der Waals surface area contributed by atoms with Crippen LogP contribution in [0.1, 0.15) is 55.1 Å². The van der Waals surface area contributed by atoms with E-state index in [0.29, 0.717) is 6.04 Å². The number of aryl methyl sites for hydroxylation is 2. The Morgan fingerprint density at radius 1 is 1.07 bits per heavy atom. The van der Waals surface area contributed by atoms with Gasteiger partial charge in [0.15, 0.2) is 0 Å². The Bertz CT molecular complexity index is 945. The van der Waals surface area contributed by atoms with E-state index in [2.05, 4.69) is 75.7 Å². The maximum absolute atomic E-state index is 6.38. The summed E-state index contributed by atoms with van der Waals surface area (Å²) in [6.45, 7) is 1.79. The molecular formula is C25H29N3O. The molecule has 1 spiro atoms. The van der Waals surface area contributed by atoms with Crippen molar-refractivity contribution in [3.63, 3.8) is 0 Å². The van der Waals surface area contributed by atoms with Gasteiger partial charge in [0, 0.05) is 37.0 Å². The molecule has 1 N–H and O–H groups in total. The van der Waals surface area contributed by atoms with Crippen molar-refractivity contribution < 1.29 is 4.74 Å². The second-order valence-electron chi connectivity index (χ2n) is 8.44. The summed E-state index contributed by atoms with van der Waals surface area (Å²) in [6, 6.07) is 19.5. The van der Waals surface area contributed by atoms with Gasteiger partial charge in [0.1, 0.15) is 17.2 Å². The second-order valence-corrected chi connectivity index (χ2v) is 8.44. The molecule has 1 atom stereocenters. The molecule has 150 valence electrons. The molecule has 2 heterocycles. The van der Waals surface area contributed by atoms with Crippen LogP contribution in [0.3, 0.4) is 0 Å². The molecule has 1 fully saturated rings. The van der Waals surface area contributed by atoms with Crippen LogP contribution in [0.4, 0.5) is 0 Å². The molecule has 1 aromatic heterocycles. The van der Waals surface area contributed by atoms with Crippen LogP contribution in [0.15, 0.2) is 67.0 Å². The minimum absolute atomic E-state index is 0.0527. The highest BCUT2D eigenvalue weighted by atomic mass is 16.5. The van der Waals surface area contributed by atoms with Crippen LogP contribution in [0.25, 0.3) is 0 Å². The highest BCUT2D eigenvalue weighted by molar-refractivity contribution is 5.39. The number of para-hydroxylation sites is 1. The van der Waals surface area contributed by atoms with Crippen molar-refractivity contribution in [3.8, 4) is 5.75 Å². The maximum atomic E-state index is 6.38. The van der Waals surface area contributed by atoms with Crippen molar-refractivity contribution in [1.29, 1.82) is 0 Å². The van der Waals surface area contributed by atoms with Crippen LogP contribution < -0.4 is 10.1 Å². The summed E-state index contributed by atoms with van der Waals surface area (Å²) in [4.78, 5) is 4.62. The lowest BCUT2D eigenvalue weighted by Crippen LogP contribution is -2.49. The normalized spacial score (nSPS) is 19.4. The molecule has 1 unspecified atom stereocenters. The zero-order valence-corrected chi connectivity index (χ0v) is 16.9. The number of hydrogen-bond acceptors (Lipinski definition) is 3. The predicted molar refractivity (Wildman–Crippen MR) is 115 cm³/mol. The van der Waals surface area contributed by atoms with Crippen molar-refractivity contribution in [2.24, 2.45) is 0 Å². The summed E-state index contributed by atoms with van der Waals surface area (Å²) < 4.78 is 8.67. The summed E-state index contributed by atoms with van der Waals surface area (Å²) in [7, 11) is 0. The highest BCUT2D eigenvalue weighted by Gasteiger charge is 2.45. The van der Waals surface area contributed by atoms with Crippen LogP contribution in [-0.4, -0.2) is 15.2 Å². The molecule has 2 aromatic carbocycles. The van der Waals surface area contributed by atoms with Crippen LogP contribution in [-0.2, 0) is 19.5 Å². The first-order valence-electron chi connectivity index (χ1n) is 10.9. The first-order chi connectivity index (χ1) is 14.3. The minimum Gasteiger partial charge on any atom is -0.487 e. The van der Waals surface area contributed by atoms with Crippen LogP contribution in [0, 0.1) is 0 Å². The summed E-state index contributed by atoms with van der Waals surface area (Å²) >= 11 is 0. The molecule has 2 aliphatic rings. The highest BCUT2D eigenvalue weighted by Crippen LogP contribution is 2.48. The topological polar surface area (TPSA) is 39.1 Å². The zero-order valence-electron chi connectivity index (χ0n) is 16.9. The zero-order chi connectivity index (χ0) is 19.5. The summed E-state index contributed by atoms with van der Waals surface area (Å²) in [5.41, 5.74) is 2.74. The first-order valence-corrected chi connectivity index (χ1v) is 10.9. The average Bonchev–Trinajstić information content (AvgIpc) is 3.19. The molecule has 1 aliphatic carbocycles. The van der Waals surface area contributed by atoms with Gasteiger partial charge in [0.2, 0.25) is 0 Å². The quantitative estimate of drug-likeness (QED) is 0.616. The number of rotatable bonds is 7. The van der Waals surface area contributed by atoms with Gasteiger partial charge in [-0.25, -0.2) is 4.98 Å². The standard InChI is InChI=1S/C25H29N3O/c1-2-8-20(9-3-1)10-6-16-28-17-15-26-24(28)19-27-22-18-25(13-7-14-25)29-23-12-5-4-11-21(22)23/h1-5,8-9,11-12,15,17,22,27H,6-7,10,13-14,16,18-19H2. The summed E-state index contributed by atoms with van der Waals surface area (Å²) in [6.07, 6.45) is 10.9. The van der Waals surface area contributed by atoms with E-state index >= 15 is 0 Å². The van der Waals surface area contributed by atoms with Gasteiger partial charge >= 0.3 is 0 Å². The number of hydrogen-bond donors (Lipinski definition) is 1. The fraction of sp³-hybridized carbons (Fsp3) is 0.400. The molecule has 5 rings (SSSR count). The van der Waals surface area contributed by atoms with Crippen molar-refractivity contribution >= 4 is 0 Å². The van der Waals surface area contributed by atoms with Crippen molar-refractivity contribution in [3.05, 3.63) is 83.9 Å². The van der Waals surface area contributed by atoms with Gasteiger partial charge < -0.3 is 14.6 Å². The fourth-order valence-electron chi connectivity index (χ4n) is 4.70.